The van der Waals surface area contributed by atoms with E-state index in [9.17, 15) is 4.79 Å². The number of rotatable bonds is 6. The van der Waals surface area contributed by atoms with Gasteiger partial charge in [-0.05, 0) is 30.7 Å². The predicted octanol–water partition coefficient (Wildman–Crippen LogP) is 3.72. The zero-order valence-electron chi connectivity index (χ0n) is 13.6. The number of ether oxygens (including phenoxy) is 1. The van der Waals surface area contributed by atoms with Gasteiger partial charge >= 0.3 is 0 Å². The highest BCUT2D eigenvalue weighted by atomic mass is 35.5. The maximum atomic E-state index is 12.5. The Balaban J connectivity index is 1.66. The molecule has 0 aliphatic carbocycles. The van der Waals surface area contributed by atoms with E-state index in [1.807, 2.05) is 19.1 Å². The second-order valence-corrected chi connectivity index (χ2v) is 5.72. The van der Waals surface area contributed by atoms with Crippen LogP contribution in [0.5, 0.6) is 5.75 Å². The first-order chi connectivity index (χ1) is 12.2. The molecule has 0 unspecified atom stereocenters. The molecule has 128 valence electrons. The highest BCUT2D eigenvalue weighted by Crippen LogP contribution is 2.25. The molecule has 0 aliphatic heterocycles. The molecule has 0 fully saturated rings. The van der Waals surface area contributed by atoms with Gasteiger partial charge in [0.15, 0.2) is 6.10 Å². The molecule has 2 aromatic heterocycles. The molecule has 1 N–H and O–H groups in total. The zero-order chi connectivity index (χ0) is 17.6. The summed E-state index contributed by atoms with van der Waals surface area (Å²) in [5.41, 5.74) is 0.593. The van der Waals surface area contributed by atoms with E-state index < -0.39 is 6.10 Å². The van der Waals surface area contributed by atoms with E-state index >= 15 is 0 Å². The normalized spacial score (nSPS) is 11.8. The molecular weight excluding hydrogens is 340 g/mol. The number of nitrogens with zero attached hydrogens (tertiary/aromatic N) is 3. The minimum Gasteiger partial charge on any atom is -0.479 e. The molecule has 3 rings (SSSR count). The number of hydrogen-bond donors (Lipinski definition) is 1. The summed E-state index contributed by atoms with van der Waals surface area (Å²) in [4.78, 5) is 20.7. The van der Waals surface area contributed by atoms with Gasteiger partial charge in [-0.3, -0.25) is 9.36 Å². The Hall–Kier alpha value is -2.86. The second-order valence-electron chi connectivity index (χ2n) is 5.31. The van der Waals surface area contributed by atoms with Crippen LogP contribution in [0.25, 0.3) is 5.82 Å². The van der Waals surface area contributed by atoms with Gasteiger partial charge in [0.05, 0.1) is 16.9 Å². The van der Waals surface area contributed by atoms with Crippen molar-refractivity contribution < 1.29 is 9.53 Å². The largest absolute Gasteiger partial charge is 0.479 e. The van der Waals surface area contributed by atoms with Gasteiger partial charge in [-0.25, -0.2) is 9.97 Å². The molecule has 0 aliphatic rings. The standard InChI is InChI=1S/C18H17ClN4O2/c1-2-15(25-16-6-4-3-5-14(16)19)18(24)22-13-7-8-17(21-11-13)23-10-9-20-12-23/h3-12,15H,2H2,1H3,(H,22,24)/t15-/m1/s1. The first-order valence-corrected chi connectivity index (χ1v) is 8.21. The van der Waals surface area contributed by atoms with Crippen LogP contribution in [0, 0.1) is 0 Å². The average molecular weight is 357 g/mol. The molecule has 0 bridgehead atoms. The number of amides is 1. The Bertz CT molecular complexity index is 835. The van der Waals surface area contributed by atoms with Crippen molar-refractivity contribution in [3.63, 3.8) is 0 Å². The summed E-state index contributed by atoms with van der Waals surface area (Å²) in [5.74, 6) is 0.953. The van der Waals surface area contributed by atoms with Crippen molar-refractivity contribution in [1.82, 2.24) is 14.5 Å². The second kappa shape index (κ2) is 7.81. The summed E-state index contributed by atoms with van der Waals surface area (Å²) in [6, 6.07) is 10.7. The average Bonchev–Trinajstić information content (AvgIpc) is 3.16. The summed E-state index contributed by atoms with van der Waals surface area (Å²) in [6.07, 6.45) is 6.59. The van der Waals surface area contributed by atoms with Crippen LogP contribution in [-0.2, 0) is 4.79 Å². The van der Waals surface area contributed by atoms with Crippen LogP contribution in [0.3, 0.4) is 0 Å². The SMILES string of the molecule is CC[C@@H](Oc1ccccc1Cl)C(=O)Nc1ccc(-n2ccnc2)nc1. The fourth-order valence-electron chi connectivity index (χ4n) is 2.25. The van der Waals surface area contributed by atoms with E-state index in [-0.39, 0.29) is 5.91 Å². The molecule has 0 saturated heterocycles. The number of hydrogen-bond acceptors (Lipinski definition) is 4. The molecule has 3 aromatic rings. The number of aromatic nitrogens is 3. The molecule has 7 heteroatoms. The number of carbonyl (C=O) groups is 1. The van der Waals surface area contributed by atoms with Gasteiger partial charge in [-0.2, -0.15) is 0 Å². The quantitative estimate of drug-likeness (QED) is 0.730. The predicted molar refractivity (Wildman–Crippen MR) is 96.1 cm³/mol. The minimum atomic E-state index is -0.645. The summed E-state index contributed by atoms with van der Waals surface area (Å²) >= 11 is 6.08. The van der Waals surface area contributed by atoms with Crippen LogP contribution in [0.4, 0.5) is 5.69 Å². The van der Waals surface area contributed by atoms with Gasteiger partial charge in [-0.1, -0.05) is 30.7 Å². The zero-order valence-corrected chi connectivity index (χ0v) is 14.3. The molecule has 0 saturated carbocycles. The monoisotopic (exact) mass is 356 g/mol. The molecule has 6 nitrogen and oxygen atoms in total. The van der Waals surface area contributed by atoms with Gasteiger partial charge < -0.3 is 10.1 Å². The molecule has 25 heavy (non-hydrogen) atoms. The van der Waals surface area contributed by atoms with E-state index in [2.05, 4.69) is 15.3 Å². The first-order valence-electron chi connectivity index (χ1n) is 7.84. The molecule has 1 atom stereocenters. The molecule has 1 amide bonds. The van der Waals surface area contributed by atoms with E-state index in [0.717, 1.165) is 5.82 Å². The highest BCUT2D eigenvalue weighted by molar-refractivity contribution is 6.32. The molecule has 2 heterocycles. The number of imidazole rings is 1. The van der Waals surface area contributed by atoms with Gasteiger partial charge in [0.1, 0.15) is 17.9 Å². The minimum absolute atomic E-state index is 0.250. The smallest absolute Gasteiger partial charge is 0.265 e. The van der Waals surface area contributed by atoms with Crippen LogP contribution in [0.2, 0.25) is 5.02 Å². The Labute approximate surface area is 150 Å². The fourth-order valence-corrected chi connectivity index (χ4v) is 2.43. The van der Waals surface area contributed by atoms with Crippen LogP contribution in [0.1, 0.15) is 13.3 Å². The van der Waals surface area contributed by atoms with Crippen molar-refractivity contribution in [3.05, 3.63) is 66.3 Å². The van der Waals surface area contributed by atoms with E-state index in [1.165, 1.54) is 0 Å². The Kier molecular flexibility index (Phi) is 5.30. The van der Waals surface area contributed by atoms with Crippen molar-refractivity contribution in [3.8, 4) is 11.6 Å². The lowest BCUT2D eigenvalue weighted by Crippen LogP contribution is -2.32. The number of halogens is 1. The van der Waals surface area contributed by atoms with E-state index in [1.54, 1.807) is 53.8 Å². The highest BCUT2D eigenvalue weighted by Gasteiger charge is 2.19. The maximum Gasteiger partial charge on any atom is 0.265 e. The van der Waals surface area contributed by atoms with Crippen molar-refractivity contribution in [2.75, 3.05) is 5.32 Å². The van der Waals surface area contributed by atoms with E-state index in [4.69, 9.17) is 16.3 Å². The molecule has 0 spiro atoms. The Morgan fingerprint density at radius 3 is 2.80 bits per heavy atom. The fraction of sp³-hybridized carbons (Fsp3) is 0.167. The number of pyridine rings is 1. The number of benzene rings is 1. The van der Waals surface area contributed by atoms with Gasteiger partial charge in [-0.15, -0.1) is 0 Å². The van der Waals surface area contributed by atoms with Gasteiger partial charge in [0.25, 0.3) is 5.91 Å². The number of nitrogens with one attached hydrogen (secondary N) is 1. The number of carbonyl (C=O) groups excluding carboxylic acids is 1. The topological polar surface area (TPSA) is 69.0 Å². The maximum absolute atomic E-state index is 12.5. The Morgan fingerprint density at radius 1 is 1.32 bits per heavy atom. The lowest BCUT2D eigenvalue weighted by Gasteiger charge is -2.18. The number of anilines is 1. The number of para-hydroxylation sites is 1. The third kappa shape index (κ3) is 4.16. The summed E-state index contributed by atoms with van der Waals surface area (Å²) < 4.78 is 7.51. The van der Waals surface area contributed by atoms with Crippen LogP contribution in [0.15, 0.2) is 61.3 Å². The first kappa shape index (κ1) is 17.0. The van der Waals surface area contributed by atoms with Crippen molar-refractivity contribution in [2.24, 2.45) is 0 Å². The van der Waals surface area contributed by atoms with Crippen molar-refractivity contribution >= 4 is 23.2 Å². The van der Waals surface area contributed by atoms with Crippen LogP contribution in [-0.4, -0.2) is 26.5 Å². The van der Waals surface area contributed by atoms with Gasteiger partial charge in [0, 0.05) is 12.4 Å². The van der Waals surface area contributed by atoms with Gasteiger partial charge in [0.2, 0.25) is 0 Å². The lowest BCUT2D eigenvalue weighted by molar-refractivity contribution is -0.122. The van der Waals surface area contributed by atoms with Crippen LogP contribution >= 0.6 is 11.6 Å². The molecule has 1 aromatic carbocycles. The van der Waals surface area contributed by atoms with Crippen LogP contribution < -0.4 is 10.1 Å². The Morgan fingerprint density at radius 2 is 2.16 bits per heavy atom. The summed E-state index contributed by atoms with van der Waals surface area (Å²) in [7, 11) is 0. The summed E-state index contributed by atoms with van der Waals surface area (Å²) in [6.45, 7) is 1.88. The molecule has 0 radical (unpaired) electrons. The third-order valence-corrected chi connectivity index (χ3v) is 3.87. The third-order valence-electron chi connectivity index (χ3n) is 3.55. The van der Waals surface area contributed by atoms with E-state index in [0.29, 0.717) is 22.9 Å². The lowest BCUT2D eigenvalue weighted by atomic mass is 10.2. The molecular formula is C18H17ClN4O2. The summed E-state index contributed by atoms with van der Waals surface area (Å²) in [5, 5.41) is 3.28. The van der Waals surface area contributed by atoms with Crippen molar-refractivity contribution in [2.45, 2.75) is 19.4 Å². The van der Waals surface area contributed by atoms with Crippen molar-refractivity contribution in [1.29, 1.82) is 0 Å².